The van der Waals surface area contributed by atoms with Gasteiger partial charge in [-0.1, -0.05) is 0 Å². The Morgan fingerprint density at radius 1 is 1.27 bits per heavy atom. The molecule has 0 saturated heterocycles. The minimum Gasteiger partial charge on any atom is -0.396 e. The number of nitrogen functional groups attached to an aromatic ring is 1. The van der Waals surface area contributed by atoms with Gasteiger partial charge in [-0.15, -0.1) is 0 Å². The lowest BCUT2D eigenvalue weighted by Gasteiger charge is -2.14. The normalized spacial score (nSPS) is 13.1. The van der Waals surface area contributed by atoms with E-state index < -0.39 is 11.7 Å². The van der Waals surface area contributed by atoms with E-state index in [9.17, 15) is 18.0 Å². The van der Waals surface area contributed by atoms with Gasteiger partial charge in [-0.25, -0.2) is 4.98 Å². The Balaban J connectivity index is 2.11. The first kappa shape index (κ1) is 18.1. The van der Waals surface area contributed by atoms with Crippen molar-refractivity contribution in [1.82, 2.24) is 4.98 Å². The van der Waals surface area contributed by atoms with Crippen LogP contribution < -0.4 is 5.73 Å². The van der Waals surface area contributed by atoms with Gasteiger partial charge in [0.1, 0.15) is 5.82 Å². The standard InChI is InChI=1S/C18H16F3N3O2/c19-18(20,21)12-4-10-7-23-9-15(10)13(6-12)11-5-14(17(22)24-8-11)16(26)2-1-3-25/h4-6,8-9,25H,1-3,7H2,(H2,22,24). The second-order valence-electron chi connectivity index (χ2n) is 5.97. The first-order valence-corrected chi connectivity index (χ1v) is 7.95. The number of aliphatic hydroxyl groups is 1. The molecular weight excluding hydrogens is 347 g/mol. The number of rotatable bonds is 5. The topological polar surface area (TPSA) is 88.6 Å². The summed E-state index contributed by atoms with van der Waals surface area (Å²) >= 11 is 0. The number of alkyl halides is 3. The number of Topliss-reactive ketones (excluding diaryl/α,β-unsaturated/α-hetero) is 1. The van der Waals surface area contributed by atoms with E-state index in [2.05, 4.69) is 9.98 Å². The van der Waals surface area contributed by atoms with Crippen molar-refractivity contribution in [3.63, 3.8) is 0 Å². The molecule has 1 aliphatic rings. The van der Waals surface area contributed by atoms with E-state index in [1.165, 1.54) is 18.5 Å². The fraction of sp³-hybridized carbons (Fsp3) is 0.278. The van der Waals surface area contributed by atoms with Gasteiger partial charge in [0.25, 0.3) is 0 Å². The number of nitrogens with two attached hydrogens (primary N) is 1. The van der Waals surface area contributed by atoms with Crippen LogP contribution in [0.4, 0.5) is 19.0 Å². The van der Waals surface area contributed by atoms with Crippen LogP contribution in [0.15, 0.2) is 29.4 Å². The molecule has 2 aromatic rings. The molecule has 0 unspecified atom stereocenters. The molecule has 0 radical (unpaired) electrons. The van der Waals surface area contributed by atoms with E-state index in [0.29, 0.717) is 22.3 Å². The Morgan fingerprint density at radius 3 is 2.73 bits per heavy atom. The summed E-state index contributed by atoms with van der Waals surface area (Å²) in [4.78, 5) is 20.2. The number of nitrogens with zero attached hydrogens (tertiary/aromatic N) is 2. The molecule has 1 aromatic heterocycles. The number of aromatic nitrogens is 1. The molecule has 0 saturated carbocycles. The van der Waals surface area contributed by atoms with Crippen LogP contribution in [0.2, 0.25) is 0 Å². The summed E-state index contributed by atoms with van der Waals surface area (Å²) < 4.78 is 39.6. The Labute approximate surface area is 147 Å². The molecule has 0 fully saturated rings. The van der Waals surface area contributed by atoms with Crippen LogP contribution >= 0.6 is 0 Å². The van der Waals surface area contributed by atoms with E-state index in [1.54, 1.807) is 0 Å². The molecule has 3 rings (SSSR count). The lowest BCUT2D eigenvalue weighted by molar-refractivity contribution is -0.137. The number of hydrogen-bond acceptors (Lipinski definition) is 5. The SMILES string of the molecule is Nc1ncc(-c2cc(C(F)(F)F)cc3c2C=NC3)cc1C(=O)CCCO. The third-order valence-corrected chi connectivity index (χ3v) is 4.17. The van der Waals surface area contributed by atoms with E-state index in [1.807, 2.05) is 0 Å². The molecule has 0 aliphatic carbocycles. The summed E-state index contributed by atoms with van der Waals surface area (Å²) in [5.41, 5.74) is 6.83. The van der Waals surface area contributed by atoms with Crippen LogP contribution in [-0.4, -0.2) is 28.7 Å². The molecule has 3 N–H and O–H groups in total. The number of ketones is 1. The predicted molar refractivity (Wildman–Crippen MR) is 91.0 cm³/mol. The molecular formula is C18H16F3N3O2. The summed E-state index contributed by atoms with van der Waals surface area (Å²) in [5.74, 6) is -0.308. The molecule has 0 spiro atoms. The number of fused-ring (bicyclic) bond motifs is 1. The van der Waals surface area contributed by atoms with Gasteiger partial charge in [0, 0.05) is 36.6 Å². The highest BCUT2D eigenvalue weighted by Gasteiger charge is 2.32. The minimum absolute atomic E-state index is 0.00831. The van der Waals surface area contributed by atoms with Crippen LogP contribution in [0.1, 0.15) is 39.9 Å². The monoisotopic (exact) mass is 363 g/mol. The minimum atomic E-state index is -4.49. The number of carbonyl (C=O) groups is 1. The van der Waals surface area contributed by atoms with Gasteiger partial charge in [0.15, 0.2) is 5.78 Å². The van der Waals surface area contributed by atoms with E-state index in [-0.39, 0.29) is 43.2 Å². The number of aliphatic hydroxyl groups excluding tert-OH is 1. The largest absolute Gasteiger partial charge is 0.416 e. The number of hydrogen-bond donors (Lipinski definition) is 2. The van der Waals surface area contributed by atoms with Gasteiger partial charge >= 0.3 is 6.18 Å². The van der Waals surface area contributed by atoms with Crippen molar-refractivity contribution in [3.05, 3.63) is 46.6 Å². The highest BCUT2D eigenvalue weighted by atomic mass is 19.4. The third kappa shape index (κ3) is 3.45. The summed E-state index contributed by atoms with van der Waals surface area (Å²) in [6.07, 6.45) is -1.27. The average molecular weight is 363 g/mol. The zero-order chi connectivity index (χ0) is 18.9. The van der Waals surface area contributed by atoms with Crippen molar-refractivity contribution in [1.29, 1.82) is 0 Å². The number of aliphatic imine (C=N–C) groups is 1. The fourth-order valence-corrected chi connectivity index (χ4v) is 2.85. The Hall–Kier alpha value is -2.74. The van der Waals surface area contributed by atoms with E-state index in [4.69, 9.17) is 10.8 Å². The van der Waals surface area contributed by atoms with Gasteiger partial charge in [-0.05, 0) is 35.7 Å². The molecule has 5 nitrogen and oxygen atoms in total. The van der Waals surface area contributed by atoms with E-state index >= 15 is 0 Å². The molecule has 2 heterocycles. The third-order valence-electron chi connectivity index (χ3n) is 4.17. The molecule has 1 aliphatic heterocycles. The maximum absolute atomic E-state index is 13.2. The lowest BCUT2D eigenvalue weighted by atomic mass is 9.93. The van der Waals surface area contributed by atoms with Crippen molar-refractivity contribution in [2.75, 3.05) is 12.3 Å². The van der Waals surface area contributed by atoms with Crippen LogP contribution in [-0.2, 0) is 12.7 Å². The van der Waals surface area contributed by atoms with E-state index in [0.717, 1.165) is 12.1 Å². The van der Waals surface area contributed by atoms with Crippen LogP contribution in [0.25, 0.3) is 11.1 Å². The highest BCUT2D eigenvalue weighted by Crippen LogP contribution is 2.37. The quantitative estimate of drug-likeness (QED) is 0.798. The van der Waals surface area contributed by atoms with Gasteiger partial charge in [0.2, 0.25) is 0 Å². The van der Waals surface area contributed by atoms with Crippen LogP contribution in [0.3, 0.4) is 0 Å². The molecule has 1 aromatic carbocycles. The number of halogens is 3. The number of anilines is 1. The Bertz CT molecular complexity index is 892. The van der Waals surface area contributed by atoms with Crippen LogP contribution in [0, 0.1) is 0 Å². The van der Waals surface area contributed by atoms with Crippen molar-refractivity contribution >= 4 is 17.8 Å². The molecule has 26 heavy (non-hydrogen) atoms. The highest BCUT2D eigenvalue weighted by molar-refractivity contribution is 6.02. The molecule has 0 atom stereocenters. The zero-order valence-corrected chi connectivity index (χ0v) is 13.7. The zero-order valence-electron chi connectivity index (χ0n) is 13.7. The van der Waals surface area contributed by atoms with Gasteiger partial charge in [-0.2, -0.15) is 13.2 Å². The molecule has 0 amide bonds. The van der Waals surface area contributed by atoms with Gasteiger partial charge < -0.3 is 10.8 Å². The molecule has 0 bridgehead atoms. The maximum Gasteiger partial charge on any atom is 0.416 e. The summed E-state index contributed by atoms with van der Waals surface area (Å²) in [6.45, 7) is 0.0350. The van der Waals surface area contributed by atoms with Gasteiger partial charge in [-0.3, -0.25) is 9.79 Å². The maximum atomic E-state index is 13.2. The lowest BCUT2D eigenvalue weighted by Crippen LogP contribution is -2.09. The van der Waals surface area contributed by atoms with Crippen molar-refractivity contribution in [3.8, 4) is 11.1 Å². The molecule has 8 heteroatoms. The second-order valence-corrected chi connectivity index (χ2v) is 5.97. The van der Waals surface area contributed by atoms with Crippen molar-refractivity contribution in [2.45, 2.75) is 25.6 Å². The number of pyridine rings is 1. The average Bonchev–Trinajstić information content (AvgIpc) is 3.07. The fourth-order valence-electron chi connectivity index (χ4n) is 2.85. The van der Waals surface area contributed by atoms with Crippen molar-refractivity contribution in [2.24, 2.45) is 4.99 Å². The summed E-state index contributed by atoms with van der Waals surface area (Å²) in [6, 6.07) is 3.57. The second kappa shape index (κ2) is 6.87. The van der Waals surface area contributed by atoms with Crippen LogP contribution in [0.5, 0.6) is 0 Å². The molecule has 136 valence electrons. The van der Waals surface area contributed by atoms with Crippen molar-refractivity contribution < 1.29 is 23.1 Å². The first-order chi connectivity index (χ1) is 12.3. The smallest absolute Gasteiger partial charge is 0.396 e. The summed E-state index contributed by atoms with van der Waals surface area (Å²) in [5, 5.41) is 8.86. The number of benzene rings is 1. The first-order valence-electron chi connectivity index (χ1n) is 7.95. The van der Waals surface area contributed by atoms with Gasteiger partial charge in [0.05, 0.1) is 17.7 Å². The summed E-state index contributed by atoms with van der Waals surface area (Å²) in [7, 11) is 0. The predicted octanol–water partition coefficient (Wildman–Crippen LogP) is 3.24. The number of carbonyl (C=O) groups excluding carboxylic acids is 1. The Morgan fingerprint density at radius 2 is 2.04 bits per heavy atom. The Kier molecular flexibility index (Phi) is 4.78.